The summed E-state index contributed by atoms with van der Waals surface area (Å²) in [5.41, 5.74) is 1.31. The van der Waals surface area contributed by atoms with Crippen molar-refractivity contribution in [3.05, 3.63) is 36.0 Å². The van der Waals surface area contributed by atoms with Gasteiger partial charge in [-0.3, -0.25) is 4.98 Å². The highest BCUT2D eigenvalue weighted by Crippen LogP contribution is 2.24. The van der Waals surface area contributed by atoms with Crippen LogP contribution in [0.2, 0.25) is 0 Å². The predicted octanol–water partition coefficient (Wildman–Crippen LogP) is 0.249. The number of aromatic hydroxyl groups is 1. The van der Waals surface area contributed by atoms with Crippen LogP contribution in [-0.4, -0.2) is 32.6 Å². The average molecular weight is 205 g/mol. The van der Waals surface area contributed by atoms with Gasteiger partial charge in [-0.25, -0.2) is 0 Å². The van der Waals surface area contributed by atoms with Crippen molar-refractivity contribution < 1.29 is 10.2 Å². The molecule has 0 atom stereocenters. The van der Waals surface area contributed by atoms with Crippen molar-refractivity contribution in [2.45, 2.75) is 6.61 Å². The second-order valence-corrected chi connectivity index (χ2v) is 2.80. The third-order valence-corrected chi connectivity index (χ3v) is 2.01. The van der Waals surface area contributed by atoms with Gasteiger partial charge in [0.25, 0.3) is 0 Å². The van der Waals surface area contributed by atoms with Crippen molar-refractivity contribution in [2.24, 2.45) is 0 Å². The number of aliphatic hydroxyl groups is 1. The number of fused-ring (bicyclic) bond motifs is 1. The van der Waals surface area contributed by atoms with Gasteiger partial charge in [0.2, 0.25) is 0 Å². The van der Waals surface area contributed by atoms with Crippen LogP contribution < -0.4 is 0 Å². The zero-order valence-electron chi connectivity index (χ0n) is 6.94. The van der Waals surface area contributed by atoms with Gasteiger partial charge < -0.3 is 10.2 Å². The summed E-state index contributed by atoms with van der Waals surface area (Å²) in [7, 11) is 0. The number of phenols is 1. The molecule has 0 amide bonds. The van der Waals surface area contributed by atoms with E-state index in [2.05, 4.69) is 4.98 Å². The lowest BCUT2D eigenvalue weighted by Gasteiger charge is -2.03. The molecule has 0 bridgehead atoms. The Morgan fingerprint density at radius 1 is 1.21 bits per heavy atom. The number of rotatable bonds is 1. The zero-order chi connectivity index (χ0) is 9.26. The lowest BCUT2D eigenvalue weighted by Crippen LogP contribution is -1.87. The minimum atomic E-state index is -0.0392. The number of aliphatic hydroxyl groups excluding tert-OH is 1. The number of phenolic OH excluding ortho intramolecular Hbond substituents is 1. The molecule has 2 N–H and O–H groups in total. The Hall–Kier alpha value is -1.08. The molecule has 14 heavy (non-hydrogen) atoms. The highest BCUT2D eigenvalue weighted by molar-refractivity contribution is 5.86. The van der Waals surface area contributed by atoms with Crippen LogP contribution in [0.25, 0.3) is 10.9 Å². The summed E-state index contributed by atoms with van der Waals surface area (Å²) in [6, 6.07) is 6.84. The number of nitrogens with zero attached hydrogens (tertiary/aromatic N) is 1. The van der Waals surface area contributed by atoms with Crippen LogP contribution in [0.4, 0.5) is 0 Å². The Balaban J connectivity index is 0.000000980. The van der Waals surface area contributed by atoms with Crippen LogP contribution >= 0.6 is 0 Å². The van der Waals surface area contributed by atoms with Crippen LogP contribution in [-0.2, 0) is 6.61 Å². The molecule has 0 aliphatic carbocycles. The van der Waals surface area contributed by atoms with Gasteiger partial charge in [0.05, 0.1) is 6.61 Å². The fourth-order valence-corrected chi connectivity index (χ4v) is 1.35. The molecule has 2 aromatic rings. The first kappa shape index (κ1) is 11.0. The van der Waals surface area contributed by atoms with Gasteiger partial charge in [-0.15, -0.1) is 0 Å². The van der Waals surface area contributed by atoms with Crippen molar-refractivity contribution >= 4 is 28.3 Å². The number of aromatic nitrogens is 1. The quantitative estimate of drug-likeness (QED) is 0.656. The van der Waals surface area contributed by atoms with E-state index in [1.807, 2.05) is 6.07 Å². The maximum atomic E-state index is 9.45. The topological polar surface area (TPSA) is 53.4 Å². The van der Waals surface area contributed by atoms with Crippen LogP contribution in [0.5, 0.6) is 5.75 Å². The average Bonchev–Trinajstić information content (AvgIpc) is 2.19. The number of pyridine rings is 1. The summed E-state index contributed by atoms with van der Waals surface area (Å²) in [5.74, 6) is 0.146. The van der Waals surface area contributed by atoms with Crippen LogP contribution in [0.1, 0.15) is 5.56 Å². The Bertz CT molecular complexity index is 445. The lowest BCUT2D eigenvalue weighted by atomic mass is 10.1. The van der Waals surface area contributed by atoms with E-state index >= 15 is 0 Å². The van der Waals surface area contributed by atoms with Gasteiger partial charge >= 0.3 is 0 Å². The molecule has 0 spiro atoms. The van der Waals surface area contributed by atoms with E-state index in [1.165, 1.54) is 0 Å². The van der Waals surface area contributed by atoms with Crippen LogP contribution in [0.15, 0.2) is 30.5 Å². The molecular formula is C10H12AlNO2. The second-order valence-electron chi connectivity index (χ2n) is 2.80. The molecule has 3 nitrogen and oxygen atoms in total. The van der Waals surface area contributed by atoms with E-state index in [1.54, 1.807) is 24.4 Å². The van der Waals surface area contributed by atoms with Gasteiger partial charge in [0, 0.05) is 11.6 Å². The molecule has 0 saturated carbocycles. The third kappa shape index (κ3) is 1.73. The van der Waals surface area contributed by atoms with Crippen LogP contribution in [0, 0.1) is 0 Å². The molecule has 2 rings (SSSR count). The standard InChI is InChI=1S/C10H9NO2.Al.3H/c12-6-7-3-4-9(13)10-8(7)2-1-5-11-10;;;;/h1-5,12-13H,6H2;;;;. The highest BCUT2D eigenvalue weighted by Gasteiger charge is 2.03. The first-order chi connectivity index (χ1) is 6.33. The third-order valence-electron chi connectivity index (χ3n) is 2.01. The van der Waals surface area contributed by atoms with Crippen LogP contribution in [0.3, 0.4) is 0 Å². The summed E-state index contributed by atoms with van der Waals surface area (Å²) in [6.07, 6.45) is 1.61. The van der Waals surface area contributed by atoms with Crippen molar-refractivity contribution in [1.82, 2.24) is 4.98 Å². The largest absolute Gasteiger partial charge is 0.506 e. The van der Waals surface area contributed by atoms with Crippen molar-refractivity contribution in [1.29, 1.82) is 0 Å². The van der Waals surface area contributed by atoms with Crippen molar-refractivity contribution in [3.8, 4) is 5.75 Å². The molecule has 0 saturated heterocycles. The summed E-state index contributed by atoms with van der Waals surface area (Å²) >= 11 is 0. The first-order valence-corrected chi connectivity index (χ1v) is 3.99. The maximum Gasteiger partial charge on any atom is 0.187 e. The minimum absolute atomic E-state index is 0. The smallest absolute Gasteiger partial charge is 0.187 e. The summed E-state index contributed by atoms with van der Waals surface area (Å²) in [6.45, 7) is -0.0392. The van der Waals surface area contributed by atoms with E-state index in [0.29, 0.717) is 5.52 Å². The van der Waals surface area contributed by atoms with Gasteiger partial charge in [-0.1, -0.05) is 12.1 Å². The maximum absolute atomic E-state index is 9.45. The molecule has 0 aliphatic rings. The molecule has 0 radical (unpaired) electrons. The molecule has 1 aromatic heterocycles. The van der Waals surface area contributed by atoms with Crippen molar-refractivity contribution in [3.63, 3.8) is 0 Å². The molecular weight excluding hydrogens is 193 g/mol. The second kappa shape index (κ2) is 4.43. The number of hydrogen-bond donors (Lipinski definition) is 2. The number of hydrogen-bond acceptors (Lipinski definition) is 3. The molecule has 1 aromatic carbocycles. The minimum Gasteiger partial charge on any atom is -0.506 e. The summed E-state index contributed by atoms with van der Waals surface area (Å²) < 4.78 is 0. The molecule has 4 heteroatoms. The van der Waals surface area contributed by atoms with E-state index in [4.69, 9.17) is 5.11 Å². The Labute approximate surface area is 92.2 Å². The van der Waals surface area contributed by atoms with Gasteiger partial charge in [-0.2, -0.15) is 0 Å². The van der Waals surface area contributed by atoms with E-state index in [9.17, 15) is 5.11 Å². The molecule has 1 heterocycles. The summed E-state index contributed by atoms with van der Waals surface area (Å²) in [4.78, 5) is 4.03. The fraction of sp³-hybridized carbons (Fsp3) is 0.100. The lowest BCUT2D eigenvalue weighted by molar-refractivity contribution is 0.283. The Morgan fingerprint density at radius 2 is 2.00 bits per heavy atom. The normalized spacial score (nSPS) is 9.79. The van der Waals surface area contributed by atoms with Gasteiger partial charge in [-0.05, 0) is 17.7 Å². The molecule has 0 aliphatic heterocycles. The van der Waals surface area contributed by atoms with E-state index < -0.39 is 0 Å². The Kier molecular flexibility index (Phi) is 3.48. The molecule has 0 fully saturated rings. The van der Waals surface area contributed by atoms with E-state index in [-0.39, 0.29) is 29.7 Å². The first-order valence-electron chi connectivity index (χ1n) is 3.99. The van der Waals surface area contributed by atoms with Crippen molar-refractivity contribution in [2.75, 3.05) is 0 Å². The van der Waals surface area contributed by atoms with Gasteiger partial charge in [0.1, 0.15) is 11.3 Å². The molecule has 72 valence electrons. The summed E-state index contributed by atoms with van der Waals surface area (Å²) in [5, 5.41) is 19.3. The predicted molar refractivity (Wildman–Crippen MR) is 59.3 cm³/mol. The SMILES string of the molecule is OCc1ccc(O)c2ncccc12.[AlH3]. The van der Waals surface area contributed by atoms with Gasteiger partial charge in [0.15, 0.2) is 17.4 Å². The Morgan fingerprint density at radius 3 is 2.71 bits per heavy atom. The number of benzene rings is 1. The zero-order valence-corrected chi connectivity index (χ0v) is 6.94. The monoisotopic (exact) mass is 205 g/mol. The highest BCUT2D eigenvalue weighted by atomic mass is 27.0. The van der Waals surface area contributed by atoms with E-state index in [0.717, 1.165) is 10.9 Å². The molecule has 0 unspecified atom stereocenters. The fourth-order valence-electron chi connectivity index (χ4n) is 1.35.